The van der Waals surface area contributed by atoms with E-state index >= 15 is 4.39 Å². The molecule has 2 atom stereocenters. The molecule has 4 rings (SSSR count). The minimum absolute atomic E-state index is 0.0491. The van der Waals surface area contributed by atoms with Gasteiger partial charge >= 0.3 is 0 Å². The van der Waals surface area contributed by atoms with Gasteiger partial charge in [0.2, 0.25) is 0 Å². The lowest BCUT2D eigenvalue weighted by atomic mass is 9.89. The third-order valence-electron chi connectivity index (χ3n) is 7.34. The normalized spacial score (nSPS) is 17.6. The number of halogens is 4. The van der Waals surface area contributed by atoms with Gasteiger partial charge in [0.1, 0.15) is 0 Å². The van der Waals surface area contributed by atoms with Gasteiger partial charge in [-0.15, -0.1) is 6.58 Å². The first-order valence-corrected chi connectivity index (χ1v) is 13.2. The average Bonchev–Trinajstić information content (AvgIpc) is 2.93. The Kier molecular flexibility index (Phi) is 9.20. The highest BCUT2D eigenvalue weighted by molar-refractivity contribution is 5.71. The molecule has 0 spiro atoms. The summed E-state index contributed by atoms with van der Waals surface area (Å²) >= 11 is 0. The van der Waals surface area contributed by atoms with E-state index in [0.717, 1.165) is 38.5 Å². The Hall–Kier alpha value is -2.92. The van der Waals surface area contributed by atoms with Crippen LogP contribution in [0.25, 0.3) is 22.3 Å². The molecular formula is C32H34F4O. The van der Waals surface area contributed by atoms with E-state index in [2.05, 4.69) is 13.5 Å². The molecule has 0 saturated carbocycles. The molecule has 37 heavy (non-hydrogen) atoms. The molecule has 3 aromatic carbocycles. The van der Waals surface area contributed by atoms with Crippen molar-refractivity contribution in [3.05, 3.63) is 95.6 Å². The van der Waals surface area contributed by atoms with Crippen LogP contribution in [0.3, 0.4) is 0 Å². The van der Waals surface area contributed by atoms with Gasteiger partial charge in [-0.2, -0.15) is 0 Å². The van der Waals surface area contributed by atoms with E-state index in [4.69, 9.17) is 4.74 Å². The fourth-order valence-corrected chi connectivity index (χ4v) is 5.06. The number of benzene rings is 3. The van der Waals surface area contributed by atoms with Crippen molar-refractivity contribution in [2.24, 2.45) is 0 Å². The summed E-state index contributed by atoms with van der Waals surface area (Å²) in [6.07, 6.45) is 8.81. The molecule has 3 aromatic rings. The minimum Gasteiger partial charge on any atom is -0.374 e. The molecule has 1 aliphatic heterocycles. The van der Waals surface area contributed by atoms with Crippen molar-refractivity contribution >= 4 is 0 Å². The summed E-state index contributed by atoms with van der Waals surface area (Å²) in [6, 6.07) is 12.8. The number of aryl methyl sites for hydroxylation is 1. The van der Waals surface area contributed by atoms with E-state index in [-0.39, 0.29) is 23.1 Å². The van der Waals surface area contributed by atoms with Crippen LogP contribution in [0.4, 0.5) is 17.6 Å². The zero-order valence-electron chi connectivity index (χ0n) is 21.3. The van der Waals surface area contributed by atoms with Crippen molar-refractivity contribution in [1.29, 1.82) is 0 Å². The van der Waals surface area contributed by atoms with E-state index in [9.17, 15) is 13.2 Å². The van der Waals surface area contributed by atoms with Gasteiger partial charge in [-0.1, -0.05) is 87.2 Å². The fourth-order valence-electron chi connectivity index (χ4n) is 5.06. The lowest BCUT2D eigenvalue weighted by Gasteiger charge is -2.28. The van der Waals surface area contributed by atoms with Gasteiger partial charge in [0.25, 0.3) is 0 Å². The van der Waals surface area contributed by atoms with Gasteiger partial charge in [-0.25, -0.2) is 17.6 Å². The second-order valence-corrected chi connectivity index (χ2v) is 9.85. The standard InChI is InChI=1S/C32H34F4O/c1-3-5-6-7-8-9-23-15-17-26(30(34)29(23)33)21-10-12-22(13-11-21)27-18-19-28(32(36)31(27)35)24-14-16-25(4-2)37-20-24/h4,10-13,15,17-19,24-25H,2-3,5-9,14,16,20H2,1H3. The number of rotatable bonds is 10. The molecule has 0 N–H and O–H groups in total. The van der Waals surface area contributed by atoms with Crippen LogP contribution >= 0.6 is 0 Å². The third kappa shape index (κ3) is 6.15. The van der Waals surface area contributed by atoms with Crippen LogP contribution in [-0.2, 0) is 11.2 Å². The summed E-state index contributed by atoms with van der Waals surface area (Å²) in [5.41, 5.74) is 1.90. The maximum absolute atomic E-state index is 15.1. The molecule has 0 amide bonds. The summed E-state index contributed by atoms with van der Waals surface area (Å²) in [5.74, 6) is -3.69. The number of unbranched alkanes of at least 4 members (excludes halogenated alkanes) is 4. The van der Waals surface area contributed by atoms with Crippen molar-refractivity contribution in [3.8, 4) is 22.3 Å². The largest absolute Gasteiger partial charge is 0.374 e. The molecule has 1 fully saturated rings. The van der Waals surface area contributed by atoms with Crippen molar-refractivity contribution in [2.75, 3.05) is 6.61 Å². The zero-order valence-corrected chi connectivity index (χ0v) is 21.3. The predicted molar refractivity (Wildman–Crippen MR) is 142 cm³/mol. The SMILES string of the molecule is C=CC1CCC(c2ccc(-c3ccc(-c4ccc(CCCCCCC)c(F)c4F)cc3)c(F)c2F)CO1. The molecule has 1 heterocycles. The Balaban J connectivity index is 1.49. The maximum Gasteiger partial charge on any atom is 0.166 e. The van der Waals surface area contributed by atoms with E-state index in [1.807, 2.05) is 0 Å². The predicted octanol–water partition coefficient (Wildman–Crippen LogP) is 9.54. The minimum atomic E-state index is -0.920. The van der Waals surface area contributed by atoms with Gasteiger partial charge in [-0.3, -0.25) is 0 Å². The van der Waals surface area contributed by atoms with E-state index in [0.29, 0.717) is 41.7 Å². The first kappa shape index (κ1) is 27.1. The lowest BCUT2D eigenvalue weighted by Crippen LogP contribution is -2.23. The van der Waals surface area contributed by atoms with Crippen LogP contribution < -0.4 is 0 Å². The number of hydrogen-bond donors (Lipinski definition) is 0. The first-order valence-electron chi connectivity index (χ1n) is 13.2. The van der Waals surface area contributed by atoms with Crippen molar-refractivity contribution in [3.63, 3.8) is 0 Å². The Morgan fingerprint density at radius 3 is 1.97 bits per heavy atom. The summed E-state index contributed by atoms with van der Waals surface area (Å²) < 4.78 is 65.3. The fraction of sp³-hybridized carbons (Fsp3) is 0.375. The Morgan fingerprint density at radius 1 is 0.757 bits per heavy atom. The third-order valence-corrected chi connectivity index (χ3v) is 7.34. The average molecular weight is 511 g/mol. The molecule has 1 nitrogen and oxygen atoms in total. The highest BCUT2D eigenvalue weighted by Crippen LogP contribution is 2.35. The molecule has 0 aliphatic carbocycles. The van der Waals surface area contributed by atoms with Crippen molar-refractivity contribution in [1.82, 2.24) is 0 Å². The van der Waals surface area contributed by atoms with Crippen LogP contribution in [0, 0.1) is 23.3 Å². The van der Waals surface area contributed by atoms with Crippen LogP contribution in [0.5, 0.6) is 0 Å². The molecule has 0 aromatic heterocycles. The Bertz CT molecular complexity index is 1210. The quantitative estimate of drug-likeness (QED) is 0.150. The van der Waals surface area contributed by atoms with Gasteiger partial charge < -0.3 is 4.74 Å². The lowest BCUT2D eigenvalue weighted by molar-refractivity contribution is 0.0320. The van der Waals surface area contributed by atoms with Gasteiger partial charge in [0.05, 0.1) is 12.7 Å². The molecule has 196 valence electrons. The monoisotopic (exact) mass is 510 g/mol. The Labute approximate surface area is 217 Å². The molecule has 5 heteroatoms. The van der Waals surface area contributed by atoms with Gasteiger partial charge in [0, 0.05) is 17.0 Å². The maximum atomic E-state index is 15.1. The molecular weight excluding hydrogens is 476 g/mol. The summed E-state index contributed by atoms with van der Waals surface area (Å²) in [6.45, 7) is 6.17. The van der Waals surface area contributed by atoms with Crippen molar-refractivity contribution < 1.29 is 22.3 Å². The van der Waals surface area contributed by atoms with E-state index < -0.39 is 23.3 Å². The topological polar surface area (TPSA) is 9.23 Å². The summed E-state index contributed by atoms with van der Waals surface area (Å²) in [4.78, 5) is 0. The van der Waals surface area contributed by atoms with Gasteiger partial charge in [0.15, 0.2) is 23.3 Å². The molecule has 0 bridgehead atoms. The molecule has 1 saturated heterocycles. The van der Waals surface area contributed by atoms with Crippen molar-refractivity contribution in [2.45, 2.75) is 70.3 Å². The van der Waals surface area contributed by atoms with Crippen LogP contribution in [-0.4, -0.2) is 12.7 Å². The second kappa shape index (κ2) is 12.6. The molecule has 1 aliphatic rings. The second-order valence-electron chi connectivity index (χ2n) is 9.85. The Morgan fingerprint density at radius 2 is 1.38 bits per heavy atom. The highest BCUT2D eigenvalue weighted by Gasteiger charge is 2.26. The molecule has 2 unspecified atom stereocenters. The summed E-state index contributed by atoms with van der Waals surface area (Å²) in [5, 5.41) is 0. The summed E-state index contributed by atoms with van der Waals surface area (Å²) in [7, 11) is 0. The number of ether oxygens (including phenoxy) is 1. The molecule has 0 radical (unpaired) electrons. The smallest absolute Gasteiger partial charge is 0.166 e. The van der Waals surface area contributed by atoms with Crippen LogP contribution in [0.15, 0.2) is 61.2 Å². The van der Waals surface area contributed by atoms with Gasteiger partial charge in [-0.05, 0) is 47.9 Å². The first-order chi connectivity index (χ1) is 17.9. The van der Waals surface area contributed by atoms with E-state index in [1.165, 1.54) is 0 Å². The number of hydrogen-bond acceptors (Lipinski definition) is 1. The highest BCUT2D eigenvalue weighted by atomic mass is 19.2. The zero-order chi connectivity index (χ0) is 26.4. The van der Waals surface area contributed by atoms with Crippen LogP contribution in [0.1, 0.15) is 68.9 Å². The van der Waals surface area contributed by atoms with Crippen LogP contribution in [0.2, 0.25) is 0 Å². The van der Waals surface area contributed by atoms with E-state index in [1.54, 1.807) is 54.6 Å².